The van der Waals surface area contributed by atoms with E-state index in [4.69, 9.17) is 4.74 Å². The molecule has 1 fully saturated rings. The average molecular weight is 334 g/mol. The van der Waals surface area contributed by atoms with Gasteiger partial charge in [-0.3, -0.25) is 9.59 Å². The third kappa shape index (κ3) is 4.44. The first-order valence-corrected chi connectivity index (χ1v) is 8.24. The largest absolute Gasteiger partial charge is 0.477 e. The van der Waals surface area contributed by atoms with Crippen LogP contribution in [0, 0.1) is 6.92 Å². The van der Waals surface area contributed by atoms with Gasteiger partial charge in [-0.15, -0.1) is 0 Å². The summed E-state index contributed by atoms with van der Waals surface area (Å²) in [6.07, 6.45) is 0. The molecular formula is C17H26N4O3. The van der Waals surface area contributed by atoms with Gasteiger partial charge in [-0.05, 0) is 33.0 Å². The van der Waals surface area contributed by atoms with E-state index in [9.17, 15) is 9.59 Å². The Morgan fingerprint density at radius 3 is 2.54 bits per heavy atom. The van der Waals surface area contributed by atoms with E-state index in [2.05, 4.69) is 9.88 Å². The van der Waals surface area contributed by atoms with Crippen LogP contribution in [-0.2, 0) is 4.79 Å². The van der Waals surface area contributed by atoms with Crippen LogP contribution in [0.4, 0.5) is 0 Å². The van der Waals surface area contributed by atoms with Gasteiger partial charge in [0.2, 0.25) is 11.8 Å². The fourth-order valence-corrected chi connectivity index (χ4v) is 2.58. The molecular weight excluding hydrogens is 308 g/mol. The number of piperazine rings is 1. The Bertz CT molecular complexity index is 597. The van der Waals surface area contributed by atoms with E-state index in [0.717, 1.165) is 18.8 Å². The predicted molar refractivity (Wildman–Crippen MR) is 91.2 cm³/mol. The molecule has 1 aliphatic rings. The number of amides is 2. The van der Waals surface area contributed by atoms with Crippen molar-refractivity contribution in [3.05, 3.63) is 23.4 Å². The van der Waals surface area contributed by atoms with Crippen molar-refractivity contribution in [2.45, 2.75) is 13.8 Å². The van der Waals surface area contributed by atoms with Crippen molar-refractivity contribution >= 4 is 11.8 Å². The van der Waals surface area contributed by atoms with Crippen LogP contribution in [-0.4, -0.2) is 84.9 Å². The Morgan fingerprint density at radius 2 is 1.92 bits per heavy atom. The standard InChI is InChI=1S/C17H26N4O3/c1-5-24-16-14(7-6-13(2)18-16)17(23)20(4)12-15(22)21-10-8-19(3)9-11-21/h6-7H,5,8-12H2,1-4H3. The fourth-order valence-electron chi connectivity index (χ4n) is 2.58. The van der Waals surface area contributed by atoms with Gasteiger partial charge < -0.3 is 19.4 Å². The van der Waals surface area contributed by atoms with E-state index in [0.29, 0.717) is 31.1 Å². The normalized spacial score (nSPS) is 15.2. The molecule has 0 unspecified atom stereocenters. The molecule has 132 valence electrons. The van der Waals surface area contributed by atoms with Crippen LogP contribution in [0.3, 0.4) is 0 Å². The number of rotatable bonds is 5. The summed E-state index contributed by atoms with van der Waals surface area (Å²) < 4.78 is 5.46. The summed E-state index contributed by atoms with van der Waals surface area (Å²) in [6.45, 7) is 7.31. The molecule has 0 aliphatic carbocycles. The monoisotopic (exact) mass is 334 g/mol. The van der Waals surface area contributed by atoms with Gasteiger partial charge in [-0.2, -0.15) is 0 Å². The fraction of sp³-hybridized carbons (Fsp3) is 0.588. The summed E-state index contributed by atoms with van der Waals surface area (Å²) in [5.41, 5.74) is 1.17. The van der Waals surface area contributed by atoms with Crippen molar-refractivity contribution in [3.63, 3.8) is 0 Å². The molecule has 0 aromatic carbocycles. The second-order valence-corrected chi connectivity index (χ2v) is 6.08. The van der Waals surface area contributed by atoms with E-state index in [-0.39, 0.29) is 18.4 Å². The number of ether oxygens (including phenoxy) is 1. The summed E-state index contributed by atoms with van der Waals surface area (Å²) in [7, 11) is 3.67. The summed E-state index contributed by atoms with van der Waals surface area (Å²) in [5.74, 6) is 0.0341. The van der Waals surface area contributed by atoms with Crippen molar-refractivity contribution in [2.24, 2.45) is 0 Å². The van der Waals surface area contributed by atoms with Gasteiger partial charge in [0.05, 0.1) is 13.2 Å². The number of hydrogen-bond acceptors (Lipinski definition) is 5. The molecule has 0 bridgehead atoms. The van der Waals surface area contributed by atoms with Crippen LogP contribution in [0.5, 0.6) is 5.88 Å². The molecule has 1 aromatic heterocycles. The molecule has 2 heterocycles. The lowest BCUT2D eigenvalue weighted by Gasteiger charge is -2.33. The highest BCUT2D eigenvalue weighted by Crippen LogP contribution is 2.18. The molecule has 2 rings (SSSR count). The van der Waals surface area contributed by atoms with Gasteiger partial charge >= 0.3 is 0 Å². The average Bonchev–Trinajstić information content (AvgIpc) is 2.55. The van der Waals surface area contributed by atoms with Crippen molar-refractivity contribution < 1.29 is 14.3 Å². The molecule has 0 saturated carbocycles. The van der Waals surface area contributed by atoms with Gasteiger partial charge in [0.25, 0.3) is 5.91 Å². The molecule has 1 saturated heterocycles. The molecule has 1 aliphatic heterocycles. The van der Waals surface area contributed by atoms with Crippen LogP contribution in [0.2, 0.25) is 0 Å². The SMILES string of the molecule is CCOc1nc(C)ccc1C(=O)N(C)CC(=O)N1CCN(C)CC1. The Kier molecular flexibility index (Phi) is 6.14. The van der Waals surface area contributed by atoms with E-state index in [1.807, 2.05) is 20.9 Å². The quantitative estimate of drug-likeness (QED) is 0.790. The Labute approximate surface area is 143 Å². The summed E-state index contributed by atoms with van der Waals surface area (Å²) in [5, 5.41) is 0. The molecule has 0 spiro atoms. The number of carbonyl (C=O) groups excluding carboxylic acids is 2. The van der Waals surface area contributed by atoms with Crippen molar-refractivity contribution in [2.75, 3.05) is 53.4 Å². The number of likely N-dealkylation sites (N-methyl/N-ethyl adjacent to an activating group) is 2. The van der Waals surface area contributed by atoms with E-state index in [1.165, 1.54) is 4.90 Å². The minimum absolute atomic E-state index is 0.0306. The molecule has 7 nitrogen and oxygen atoms in total. The van der Waals surface area contributed by atoms with Crippen LogP contribution >= 0.6 is 0 Å². The zero-order valence-electron chi connectivity index (χ0n) is 14.9. The highest BCUT2D eigenvalue weighted by molar-refractivity contribution is 5.98. The smallest absolute Gasteiger partial charge is 0.259 e. The number of hydrogen-bond donors (Lipinski definition) is 0. The zero-order chi connectivity index (χ0) is 17.7. The topological polar surface area (TPSA) is 66.0 Å². The van der Waals surface area contributed by atoms with E-state index < -0.39 is 0 Å². The first-order chi connectivity index (χ1) is 11.4. The maximum Gasteiger partial charge on any atom is 0.259 e. The lowest BCUT2D eigenvalue weighted by atomic mass is 10.2. The lowest BCUT2D eigenvalue weighted by Crippen LogP contribution is -2.50. The maximum absolute atomic E-state index is 12.6. The van der Waals surface area contributed by atoms with Crippen molar-refractivity contribution in [1.82, 2.24) is 19.7 Å². The number of nitrogens with zero attached hydrogens (tertiary/aromatic N) is 4. The van der Waals surface area contributed by atoms with Crippen LogP contribution < -0.4 is 4.74 Å². The predicted octanol–water partition coefficient (Wildman–Crippen LogP) is 0.635. The number of aryl methyl sites for hydroxylation is 1. The second kappa shape index (κ2) is 8.10. The van der Waals surface area contributed by atoms with Gasteiger partial charge in [-0.25, -0.2) is 4.98 Å². The molecule has 0 radical (unpaired) electrons. The van der Waals surface area contributed by atoms with Gasteiger partial charge in [0.15, 0.2) is 0 Å². The number of pyridine rings is 1. The Balaban J connectivity index is 2.03. The van der Waals surface area contributed by atoms with Crippen molar-refractivity contribution in [3.8, 4) is 5.88 Å². The molecule has 2 amide bonds. The van der Waals surface area contributed by atoms with Crippen LogP contribution in [0.1, 0.15) is 23.0 Å². The maximum atomic E-state index is 12.6. The third-order valence-electron chi connectivity index (χ3n) is 4.09. The highest BCUT2D eigenvalue weighted by atomic mass is 16.5. The number of aromatic nitrogens is 1. The van der Waals surface area contributed by atoms with Crippen LogP contribution in [0.25, 0.3) is 0 Å². The molecule has 0 atom stereocenters. The van der Waals surface area contributed by atoms with E-state index in [1.54, 1.807) is 24.1 Å². The summed E-state index contributed by atoms with van der Waals surface area (Å²) >= 11 is 0. The Morgan fingerprint density at radius 1 is 1.25 bits per heavy atom. The molecule has 24 heavy (non-hydrogen) atoms. The molecule has 0 N–H and O–H groups in total. The summed E-state index contributed by atoms with van der Waals surface area (Å²) in [6, 6.07) is 3.47. The zero-order valence-corrected chi connectivity index (χ0v) is 14.9. The van der Waals surface area contributed by atoms with Crippen molar-refractivity contribution in [1.29, 1.82) is 0 Å². The lowest BCUT2D eigenvalue weighted by molar-refractivity contribution is -0.133. The highest BCUT2D eigenvalue weighted by Gasteiger charge is 2.24. The Hall–Kier alpha value is -2.15. The number of carbonyl (C=O) groups is 2. The minimum Gasteiger partial charge on any atom is -0.477 e. The van der Waals surface area contributed by atoms with Crippen LogP contribution in [0.15, 0.2) is 12.1 Å². The van der Waals surface area contributed by atoms with Gasteiger partial charge in [0.1, 0.15) is 5.56 Å². The molecule has 7 heteroatoms. The third-order valence-corrected chi connectivity index (χ3v) is 4.09. The first kappa shape index (κ1) is 18.2. The van der Waals surface area contributed by atoms with Gasteiger partial charge in [0, 0.05) is 38.9 Å². The summed E-state index contributed by atoms with van der Waals surface area (Å²) in [4.78, 5) is 34.7. The minimum atomic E-state index is -0.256. The van der Waals surface area contributed by atoms with Gasteiger partial charge in [-0.1, -0.05) is 0 Å². The van der Waals surface area contributed by atoms with E-state index >= 15 is 0 Å². The second-order valence-electron chi connectivity index (χ2n) is 6.08. The first-order valence-electron chi connectivity index (χ1n) is 8.24. The molecule has 1 aromatic rings.